The van der Waals surface area contributed by atoms with Crippen molar-refractivity contribution in [2.75, 3.05) is 6.61 Å². The molecule has 5 nitrogen and oxygen atoms in total. The molecule has 0 aromatic heterocycles. The highest BCUT2D eigenvalue weighted by atomic mass is 16.5. The lowest BCUT2D eigenvalue weighted by Gasteiger charge is -2.18. The first-order chi connectivity index (χ1) is 9.56. The zero-order valence-corrected chi connectivity index (χ0v) is 11.6. The standard InChI is InChI=1S/C15H20N2O3/c1-10-4-2-5-11(8-10)9-12(14(16)18)17-15(19)13-6-3-7-20-13/h2,4-5,8,12-13H,3,6-7,9H2,1H3,(H2,16,18)(H,17,19)/t12-,13+/m1/s1. The van der Waals surface area contributed by atoms with Gasteiger partial charge in [-0.2, -0.15) is 0 Å². The lowest BCUT2D eigenvalue weighted by Crippen LogP contribution is -2.49. The van der Waals surface area contributed by atoms with Gasteiger partial charge in [0.15, 0.2) is 0 Å². The molecule has 20 heavy (non-hydrogen) atoms. The number of aryl methyl sites for hydroxylation is 1. The smallest absolute Gasteiger partial charge is 0.249 e. The Morgan fingerprint density at radius 2 is 2.30 bits per heavy atom. The second-order valence-electron chi connectivity index (χ2n) is 5.16. The SMILES string of the molecule is Cc1cccc(C[C@@H](NC(=O)[C@@H]2CCCO2)C(N)=O)c1. The van der Waals surface area contributed by atoms with E-state index in [1.165, 1.54) is 0 Å². The number of ether oxygens (including phenoxy) is 1. The maximum atomic E-state index is 12.0. The number of nitrogens with one attached hydrogen (secondary N) is 1. The molecule has 0 bridgehead atoms. The molecule has 0 spiro atoms. The molecular formula is C15H20N2O3. The van der Waals surface area contributed by atoms with Gasteiger partial charge in [0.2, 0.25) is 11.8 Å². The Balaban J connectivity index is 2.00. The molecule has 1 aliphatic heterocycles. The van der Waals surface area contributed by atoms with Gasteiger partial charge in [-0.05, 0) is 25.3 Å². The summed E-state index contributed by atoms with van der Waals surface area (Å²) in [4.78, 5) is 23.5. The van der Waals surface area contributed by atoms with Crippen LogP contribution in [0.1, 0.15) is 24.0 Å². The molecule has 108 valence electrons. The van der Waals surface area contributed by atoms with Gasteiger partial charge in [-0.1, -0.05) is 29.8 Å². The Labute approximate surface area is 118 Å². The number of hydrogen-bond acceptors (Lipinski definition) is 3. The van der Waals surface area contributed by atoms with E-state index >= 15 is 0 Å². The van der Waals surface area contributed by atoms with Gasteiger partial charge >= 0.3 is 0 Å². The number of benzene rings is 1. The first-order valence-corrected chi connectivity index (χ1v) is 6.83. The van der Waals surface area contributed by atoms with Crippen molar-refractivity contribution >= 4 is 11.8 Å². The van der Waals surface area contributed by atoms with Crippen LogP contribution in [0.25, 0.3) is 0 Å². The number of amides is 2. The van der Waals surface area contributed by atoms with E-state index in [0.717, 1.165) is 17.5 Å². The van der Waals surface area contributed by atoms with Crippen molar-refractivity contribution in [2.45, 2.75) is 38.3 Å². The summed E-state index contributed by atoms with van der Waals surface area (Å²) in [6, 6.07) is 7.10. The van der Waals surface area contributed by atoms with E-state index in [0.29, 0.717) is 19.4 Å². The van der Waals surface area contributed by atoms with Crippen LogP contribution < -0.4 is 11.1 Å². The van der Waals surface area contributed by atoms with Crippen molar-refractivity contribution in [1.29, 1.82) is 0 Å². The summed E-state index contributed by atoms with van der Waals surface area (Å²) in [7, 11) is 0. The van der Waals surface area contributed by atoms with E-state index in [4.69, 9.17) is 10.5 Å². The Morgan fingerprint density at radius 1 is 1.50 bits per heavy atom. The number of carbonyl (C=O) groups is 2. The van der Waals surface area contributed by atoms with Crippen molar-refractivity contribution in [2.24, 2.45) is 5.73 Å². The van der Waals surface area contributed by atoms with Crippen molar-refractivity contribution in [3.05, 3.63) is 35.4 Å². The Morgan fingerprint density at radius 3 is 2.90 bits per heavy atom. The maximum absolute atomic E-state index is 12.0. The summed E-state index contributed by atoms with van der Waals surface area (Å²) >= 11 is 0. The zero-order chi connectivity index (χ0) is 14.5. The molecule has 2 amide bonds. The molecule has 0 radical (unpaired) electrons. The van der Waals surface area contributed by atoms with Gasteiger partial charge in [0.05, 0.1) is 0 Å². The second-order valence-corrected chi connectivity index (χ2v) is 5.16. The number of rotatable bonds is 5. The molecule has 0 unspecified atom stereocenters. The number of nitrogens with two attached hydrogens (primary N) is 1. The van der Waals surface area contributed by atoms with Gasteiger partial charge < -0.3 is 15.8 Å². The van der Waals surface area contributed by atoms with E-state index < -0.39 is 18.1 Å². The van der Waals surface area contributed by atoms with Gasteiger partial charge in [-0.15, -0.1) is 0 Å². The normalized spacial score (nSPS) is 19.6. The molecular weight excluding hydrogens is 256 g/mol. The van der Waals surface area contributed by atoms with Crippen molar-refractivity contribution in [1.82, 2.24) is 5.32 Å². The average Bonchev–Trinajstić information content (AvgIpc) is 2.91. The molecule has 3 N–H and O–H groups in total. The summed E-state index contributed by atoms with van der Waals surface area (Å²) in [6.45, 7) is 2.57. The van der Waals surface area contributed by atoms with Crippen LogP contribution in [0.3, 0.4) is 0 Å². The van der Waals surface area contributed by atoms with Crippen LogP contribution in [0.5, 0.6) is 0 Å². The monoisotopic (exact) mass is 276 g/mol. The fraction of sp³-hybridized carbons (Fsp3) is 0.467. The minimum Gasteiger partial charge on any atom is -0.368 e. The third kappa shape index (κ3) is 3.81. The summed E-state index contributed by atoms with van der Waals surface area (Å²) in [5, 5.41) is 2.69. The predicted molar refractivity (Wildman–Crippen MR) is 75.0 cm³/mol. The molecule has 1 fully saturated rings. The van der Waals surface area contributed by atoms with Crippen LogP contribution in [-0.2, 0) is 20.7 Å². The third-order valence-electron chi connectivity index (χ3n) is 3.40. The van der Waals surface area contributed by atoms with Gasteiger partial charge in [0.1, 0.15) is 12.1 Å². The minimum atomic E-state index is -0.700. The van der Waals surface area contributed by atoms with E-state index in [9.17, 15) is 9.59 Å². The molecule has 1 aliphatic rings. The Bertz CT molecular complexity index is 496. The fourth-order valence-corrected chi connectivity index (χ4v) is 2.35. The second kappa shape index (κ2) is 6.52. The molecule has 0 saturated carbocycles. The minimum absolute atomic E-state index is 0.251. The predicted octanol–water partition coefficient (Wildman–Crippen LogP) is 0.687. The topological polar surface area (TPSA) is 81.4 Å². The van der Waals surface area contributed by atoms with Crippen LogP contribution >= 0.6 is 0 Å². The summed E-state index contributed by atoms with van der Waals surface area (Å²) in [5.41, 5.74) is 7.46. The highest BCUT2D eigenvalue weighted by molar-refractivity contribution is 5.88. The Hall–Kier alpha value is -1.88. The molecule has 1 heterocycles. The summed E-state index contributed by atoms with van der Waals surface area (Å²) in [6.07, 6.45) is 1.52. The number of carbonyl (C=O) groups excluding carboxylic acids is 2. The first kappa shape index (κ1) is 14.5. The van der Waals surface area contributed by atoms with Gasteiger partial charge in [0, 0.05) is 13.0 Å². The average molecular weight is 276 g/mol. The lowest BCUT2D eigenvalue weighted by molar-refractivity contribution is -0.133. The van der Waals surface area contributed by atoms with Crippen LogP contribution in [0.4, 0.5) is 0 Å². The summed E-state index contributed by atoms with van der Waals surface area (Å²) < 4.78 is 5.30. The summed E-state index contributed by atoms with van der Waals surface area (Å²) in [5.74, 6) is -0.781. The highest BCUT2D eigenvalue weighted by Crippen LogP contribution is 2.13. The third-order valence-corrected chi connectivity index (χ3v) is 3.40. The molecule has 1 aromatic rings. The highest BCUT2D eigenvalue weighted by Gasteiger charge is 2.27. The molecule has 2 rings (SSSR count). The van der Waals surface area contributed by atoms with Crippen LogP contribution in [0.15, 0.2) is 24.3 Å². The maximum Gasteiger partial charge on any atom is 0.249 e. The van der Waals surface area contributed by atoms with Crippen molar-refractivity contribution in [3.63, 3.8) is 0 Å². The van der Waals surface area contributed by atoms with E-state index in [-0.39, 0.29) is 5.91 Å². The van der Waals surface area contributed by atoms with Gasteiger partial charge in [-0.25, -0.2) is 0 Å². The quantitative estimate of drug-likeness (QED) is 0.830. The van der Waals surface area contributed by atoms with Crippen LogP contribution in [0.2, 0.25) is 0 Å². The number of hydrogen-bond donors (Lipinski definition) is 2. The van der Waals surface area contributed by atoms with E-state index in [2.05, 4.69) is 5.32 Å². The van der Waals surface area contributed by atoms with Crippen LogP contribution in [-0.4, -0.2) is 30.6 Å². The molecule has 0 aliphatic carbocycles. The van der Waals surface area contributed by atoms with Crippen molar-refractivity contribution in [3.8, 4) is 0 Å². The Kier molecular flexibility index (Phi) is 4.74. The first-order valence-electron chi connectivity index (χ1n) is 6.83. The van der Waals surface area contributed by atoms with Gasteiger partial charge in [0.25, 0.3) is 0 Å². The van der Waals surface area contributed by atoms with E-state index in [1.54, 1.807) is 0 Å². The molecule has 1 saturated heterocycles. The number of primary amides is 1. The van der Waals surface area contributed by atoms with E-state index in [1.807, 2.05) is 31.2 Å². The fourth-order valence-electron chi connectivity index (χ4n) is 2.35. The lowest BCUT2D eigenvalue weighted by atomic mass is 10.0. The van der Waals surface area contributed by atoms with Crippen LogP contribution in [0, 0.1) is 6.92 Å². The van der Waals surface area contributed by atoms with Gasteiger partial charge in [-0.3, -0.25) is 9.59 Å². The van der Waals surface area contributed by atoms with Crippen molar-refractivity contribution < 1.29 is 14.3 Å². The molecule has 1 aromatic carbocycles. The zero-order valence-electron chi connectivity index (χ0n) is 11.6. The molecule has 5 heteroatoms. The largest absolute Gasteiger partial charge is 0.368 e. The molecule has 2 atom stereocenters.